The largest absolute Gasteiger partial charge is 0.369 e. The van der Waals surface area contributed by atoms with Crippen LogP contribution in [0.2, 0.25) is 0 Å². The summed E-state index contributed by atoms with van der Waals surface area (Å²) in [6.45, 7) is 4.92. The van der Waals surface area contributed by atoms with Gasteiger partial charge in [-0.05, 0) is 57.3 Å². The smallest absolute Gasteiger partial charge is 0.180 e. The molecule has 2 heterocycles. The molecule has 0 unspecified atom stereocenters. The Labute approximate surface area is 129 Å². The van der Waals surface area contributed by atoms with Crippen LogP contribution < -0.4 is 5.32 Å². The van der Waals surface area contributed by atoms with Crippen LogP contribution in [-0.4, -0.2) is 21.5 Å². The van der Waals surface area contributed by atoms with Gasteiger partial charge in [-0.3, -0.25) is 4.98 Å². The van der Waals surface area contributed by atoms with Crippen LogP contribution in [0.15, 0.2) is 27.3 Å². The molecular formula is C13H14Br2N4. The molecule has 4 nitrogen and oxygen atoms in total. The molecule has 0 aliphatic rings. The Bertz CT molecular complexity index is 570. The molecule has 0 saturated carbocycles. The molecule has 1 N–H and O–H groups in total. The van der Waals surface area contributed by atoms with Crippen LogP contribution in [0.5, 0.6) is 0 Å². The topological polar surface area (TPSA) is 50.7 Å². The number of aromatic nitrogens is 3. The van der Waals surface area contributed by atoms with Gasteiger partial charge in [-0.1, -0.05) is 6.92 Å². The molecule has 0 radical (unpaired) electrons. The maximum Gasteiger partial charge on any atom is 0.180 e. The van der Waals surface area contributed by atoms with Crippen LogP contribution in [-0.2, 0) is 6.42 Å². The van der Waals surface area contributed by atoms with Gasteiger partial charge in [-0.25, -0.2) is 9.97 Å². The summed E-state index contributed by atoms with van der Waals surface area (Å²) in [6, 6.07) is 3.84. The summed E-state index contributed by atoms with van der Waals surface area (Å²) in [5, 5.41) is 3.24. The molecular weight excluding hydrogens is 372 g/mol. The molecule has 2 rings (SSSR count). The normalized spacial score (nSPS) is 10.5. The molecule has 0 aromatic carbocycles. The summed E-state index contributed by atoms with van der Waals surface area (Å²) in [5.74, 6) is 1.46. The van der Waals surface area contributed by atoms with Crippen LogP contribution >= 0.6 is 31.9 Å². The van der Waals surface area contributed by atoms with E-state index in [1.807, 2.05) is 19.1 Å². The Balaban J connectivity index is 2.51. The first-order chi connectivity index (χ1) is 9.15. The van der Waals surface area contributed by atoms with Gasteiger partial charge >= 0.3 is 0 Å². The Hall–Kier alpha value is -1.01. The Morgan fingerprint density at radius 3 is 2.53 bits per heavy atom. The van der Waals surface area contributed by atoms with E-state index in [1.54, 1.807) is 6.20 Å². The summed E-state index contributed by atoms with van der Waals surface area (Å²) >= 11 is 6.92. The highest BCUT2D eigenvalue weighted by atomic mass is 79.9. The van der Waals surface area contributed by atoms with Crippen molar-refractivity contribution in [3.8, 4) is 11.5 Å². The second-order valence-corrected chi connectivity index (χ2v) is 5.61. The Morgan fingerprint density at radius 2 is 1.95 bits per heavy atom. The lowest BCUT2D eigenvalue weighted by atomic mass is 10.3. The van der Waals surface area contributed by atoms with Crippen molar-refractivity contribution in [1.82, 2.24) is 15.0 Å². The maximum atomic E-state index is 4.56. The lowest BCUT2D eigenvalue weighted by Crippen LogP contribution is -2.06. The standard InChI is InChI=1S/C13H14Br2N4/c1-3-9-11(15)13(16-4-2)19-12(18-9)10-6-5-8(14)7-17-10/h5-7H,3-4H2,1-2H3,(H,16,18,19). The highest BCUT2D eigenvalue weighted by Gasteiger charge is 2.12. The van der Waals surface area contributed by atoms with Gasteiger partial charge in [-0.15, -0.1) is 0 Å². The van der Waals surface area contributed by atoms with E-state index in [-0.39, 0.29) is 0 Å². The minimum Gasteiger partial charge on any atom is -0.369 e. The lowest BCUT2D eigenvalue weighted by molar-refractivity contribution is 0.977. The zero-order valence-corrected chi connectivity index (χ0v) is 13.9. The SMILES string of the molecule is CCNc1nc(-c2ccc(Br)cn2)nc(CC)c1Br. The van der Waals surface area contributed by atoms with Gasteiger partial charge in [0, 0.05) is 17.2 Å². The number of rotatable bonds is 4. The molecule has 0 aliphatic heterocycles. The second kappa shape index (κ2) is 6.43. The molecule has 100 valence electrons. The van der Waals surface area contributed by atoms with Gasteiger partial charge < -0.3 is 5.32 Å². The van der Waals surface area contributed by atoms with E-state index < -0.39 is 0 Å². The molecule has 2 aromatic heterocycles. The fourth-order valence-corrected chi connectivity index (χ4v) is 2.47. The molecule has 0 fully saturated rings. The van der Waals surface area contributed by atoms with Gasteiger partial charge in [0.05, 0.1) is 10.2 Å². The molecule has 6 heteroatoms. The Kier molecular flexibility index (Phi) is 4.87. The minimum absolute atomic E-state index is 0.642. The van der Waals surface area contributed by atoms with Gasteiger partial charge in [0.2, 0.25) is 0 Å². The monoisotopic (exact) mass is 384 g/mol. The first-order valence-corrected chi connectivity index (χ1v) is 7.66. The average molecular weight is 386 g/mol. The quantitative estimate of drug-likeness (QED) is 0.862. The number of hydrogen-bond donors (Lipinski definition) is 1. The molecule has 0 atom stereocenters. The number of nitrogens with zero attached hydrogens (tertiary/aromatic N) is 3. The van der Waals surface area contributed by atoms with Crippen molar-refractivity contribution in [3.05, 3.63) is 33.0 Å². The molecule has 2 aromatic rings. The van der Waals surface area contributed by atoms with Gasteiger partial charge in [-0.2, -0.15) is 0 Å². The van der Waals surface area contributed by atoms with Crippen molar-refractivity contribution < 1.29 is 0 Å². The van der Waals surface area contributed by atoms with E-state index in [9.17, 15) is 0 Å². The van der Waals surface area contributed by atoms with Crippen molar-refractivity contribution in [1.29, 1.82) is 0 Å². The predicted molar refractivity (Wildman–Crippen MR) is 84.2 cm³/mol. The van der Waals surface area contributed by atoms with Crippen molar-refractivity contribution >= 4 is 37.7 Å². The van der Waals surface area contributed by atoms with Crippen molar-refractivity contribution in [2.24, 2.45) is 0 Å². The molecule has 0 bridgehead atoms. The van der Waals surface area contributed by atoms with Gasteiger partial charge in [0.25, 0.3) is 0 Å². The van der Waals surface area contributed by atoms with Gasteiger partial charge in [0.1, 0.15) is 11.5 Å². The molecule has 0 spiro atoms. The maximum absolute atomic E-state index is 4.56. The van der Waals surface area contributed by atoms with E-state index in [2.05, 4.69) is 59.1 Å². The molecule has 0 aliphatic carbocycles. The number of aryl methyl sites for hydroxylation is 1. The predicted octanol–water partition coefficient (Wildman–Crippen LogP) is 4.06. The number of halogens is 2. The molecule has 0 amide bonds. The zero-order chi connectivity index (χ0) is 13.8. The number of anilines is 1. The zero-order valence-electron chi connectivity index (χ0n) is 10.7. The van der Waals surface area contributed by atoms with E-state index in [1.165, 1.54) is 0 Å². The molecule has 19 heavy (non-hydrogen) atoms. The third-order valence-corrected chi connectivity index (χ3v) is 3.86. The number of hydrogen-bond acceptors (Lipinski definition) is 4. The summed E-state index contributed by atoms with van der Waals surface area (Å²) in [5.41, 5.74) is 1.75. The Morgan fingerprint density at radius 1 is 1.16 bits per heavy atom. The first kappa shape index (κ1) is 14.4. The van der Waals surface area contributed by atoms with E-state index in [0.717, 1.165) is 39.1 Å². The van der Waals surface area contributed by atoms with Crippen LogP contribution in [0.3, 0.4) is 0 Å². The fraction of sp³-hybridized carbons (Fsp3) is 0.308. The van der Waals surface area contributed by atoms with E-state index in [0.29, 0.717) is 5.82 Å². The molecule has 0 saturated heterocycles. The van der Waals surface area contributed by atoms with E-state index in [4.69, 9.17) is 0 Å². The number of pyridine rings is 1. The van der Waals surface area contributed by atoms with E-state index >= 15 is 0 Å². The summed E-state index contributed by atoms with van der Waals surface area (Å²) in [7, 11) is 0. The summed E-state index contributed by atoms with van der Waals surface area (Å²) in [4.78, 5) is 13.4. The van der Waals surface area contributed by atoms with Crippen molar-refractivity contribution in [2.45, 2.75) is 20.3 Å². The van der Waals surface area contributed by atoms with Crippen LogP contribution in [0.1, 0.15) is 19.5 Å². The third kappa shape index (κ3) is 3.30. The van der Waals surface area contributed by atoms with Crippen LogP contribution in [0.4, 0.5) is 5.82 Å². The second-order valence-electron chi connectivity index (χ2n) is 3.90. The van der Waals surface area contributed by atoms with Crippen molar-refractivity contribution in [3.63, 3.8) is 0 Å². The van der Waals surface area contributed by atoms with Crippen LogP contribution in [0.25, 0.3) is 11.5 Å². The third-order valence-electron chi connectivity index (χ3n) is 2.56. The van der Waals surface area contributed by atoms with Crippen molar-refractivity contribution in [2.75, 3.05) is 11.9 Å². The van der Waals surface area contributed by atoms with Gasteiger partial charge in [0.15, 0.2) is 5.82 Å². The highest BCUT2D eigenvalue weighted by molar-refractivity contribution is 9.10. The summed E-state index contributed by atoms with van der Waals surface area (Å²) in [6.07, 6.45) is 2.59. The highest BCUT2D eigenvalue weighted by Crippen LogP contribution is 2.27. The average Bonchev–Trinajstić information content (AvgIpc) is 2.42. The first-order valence-electron chi connectivity index (χ1n) is 6.07. The number of nitrogens with one attached hydrogen (secondary N) is 1. The lowest BCUT2D eigenvalue weighted by Gasteiger charge is -2.11. The fourth-order valence-electron chi connectivity index (χ4n) is 1.64. The minimum atomic E-state index is 0.642. The van der Waals surface area contributed by atoms with Crippen LogP contribution in [0, 0.1) is 0 Å². The summed E-state index contributed by atoms with van der Waals surface area (Å²) < 4.78 is 1.87.